The van der Waals surface area contributed by atoms with Crippen molar-refractivity contribution in [2.45, 2.75) is 6.42 Å². The van der Waals surface area contributed by atoms with Gasteiger partial charge in [-0.1, -0.05) is 12.1 Å². The smallest absolute Gasteiger partial charge is 0.404 e. The molecule has 0 aliphatic carbocycles. The highest BCUT2D eigenvalue weighted by Gasteiger charge is 2.06. The lowest BCUT2D eigenvalue weighted by Crippen LogP contribution is -2.13. The first-order chi connectivity index (χ1) is 8.25. The minimum Gasteiger partial charge on any atom is -0.462 e. The van der Waals surface area contributed by atoms with Crippen LogP contribution in [0.25, 0.3) is 0 Å². The molecule has 5 nitrogen and oxygen atoms in total. The average molecular weight is 232 g/mol. The largest absolute Gasteiger partial charge is 0.462 e. The number of aliphatic imine (C=N–C) groups is 1. The molecule has 0 saturated heterocycles. The molecule has 5 heteroatoms. The SMILES string of the molecule is NC(=O)OCCC1=COc2ccccc2C=N1. The number of hydrogen-bond acceptors (Lipinski definition) is 4. The van der Waals surface area contributed by atoms with Gasteiger partial charge in [0.25, 0.3) is 0 Å². The van der Waals surface area contributed by atoms with Crippen molar-refractivity contribution in [2.24, 2.45) is 10.7 Å². The number of rotatable bonds is 3. The number of amides is 1. The molecule has 17 heavy (non-hydrogen) atoms. The molecule has 88 valence electrons. The van der Waals surface area contributed by atoms with E-state index in [9.17, 15) is 4.79 Å². The standard InChI is InChI=1S/C12H12N2O3/c13-12(15)16-6-5-10-8-17-11-4-2-1-3-9(11)7-14-10/h1-4,7-8H,5-6H2,(H2,13,15). The van der Waals surface area contributed by atoms with E-state index in [0.717, 1.165) is 11.3 Å². The number of fused-ring (bicyclic) bond motifs is 1. The molecule has 1 amide bonds. The lowest BCUT2D eigenvalue weighted by atomic mass is 10.2. The van der Waals surface area contributed by atoms with Gasteiger partial charge in [0, 0.05) is 18.2 Å². The normalized spacial score (nSPS) is 13.1. The summed E-state index contributed by atoms with van der Waals surface area (Å²) in [5.41, 5.74) is 6.47. The molecule has 0 bridgehead atoms. The predicted octanol–water partition coefficient (Wildman–Crippen LogP) is 1.82. The lowest BCUT2D eigenvalue weighted by molar-refractivity contribution is 0.158. The number of nitrogens with two attached hydrogens (primary N) is 1. The van der Waals surface area contributed by atoms with Crippen molar-refractivity contribution in [2.75, 3.05) is 6.61 Å². The Bertz CT molecular complexity index is 480. The zero-order valence-corrected chi connectivity index (χ0v) is 9.13. The van der Waals surface area contributed by atoms with Gasteiger partial charge < -0.3 is 15.2 Å². The van der Waals surface area contributed by atoms with Crippen LogP contribution in [0.1, 0.15) is 12.0 Å². The zero-order valence-electron chi connectivity index (χ0n) is 9.13. The maximum Gasteiger partial charge on any atom is 0.404 e. The molecule has 2 N–H and O–H groups in total. The van der Waals surface area contributed by atoms with Crippen molar-refractivity contribution in [3.05, 3.63) is 41.8 Å². The molecule has 0 fully saturated rings. The number of hydrogen-bond donors (Lipinski definition) is 1. The van der Waals surface area contributed by atoms with E-state index in [2.05, 4.69) is 9.73 Å². The van der Waals surface area contributed by atoms with Gasteiger partial charge in [-0.3, -0.25) is 4.99 Å². The number of carbonyl (C=O) groups is 1. The molecule has 0 atom stereocenters. The van der Waals surface area contributed by atoms with E-state index < -0.39 is 6.09 Å². The van der Waals surface area contributed by atoms with E-state index in [0.29, 0.717) is 12.1 Å². The highest BCUT2D eigenvalue weighted by molar-refractivity contribution is 5.84. The number of benzene rings is 1. The van der Waals surface area contributed by atoms with Crippen molar-refractivity contribution in [3.63, 3.8) is 0 Å². The fraction of sp³-hybridized carbons (Fsp3) is 0.167. The lowest BCUT2D eigenvalue weighted by Gasteiger charge is -2.02. The molecular weight excluding hydrogens is 220 g/mol. The van der Waals surface area contributed by atoms with Crippen molar-refractivity contribution in [1.29, 1.82) is 0 Å². The van der Waals surface area contributed by atoms with Crippen molar-refractivity contribution in [1.82, 2.24) is 0 Å². The van der Waals surface area contributed by atoms with Gasteiger partial charge in [0.1, 0.15) is 12.0 Å². The molecule has 0 aromatic heterocycles. The second-order valence-electron chi connectivity index (χ2n) is 3.44. The van der Waals surface area contributed by atoms with E-state index in [1.807, 2.05) is 24.3 Å². The van der Waals surface area contributed by atoms with E-state index in [1.54, 1.807) is 12.5 Å². The molecule has 0 unspecified atom stereocenters. The quantitative estimate of drug-likeness (QED) is 0.863. The summed E-state index contributed by atoms with van der Waals surface area (Å²) < 4.78 is 10.1. The van der Waals surface area contributed by atoms with Crippen LogP contribution in [0.3, 0.4) is 0 Å². The fourth-order valence-electron chi connectivity index (χ4n) is 1.39. The third kappa shape index (κ3) is 3.07. The molecular formula is C12H12N2O3. The first-order valence-electron chi connectivity index (χ1n) is 5.17. The third-order valence-electron chi connectivity index (χ3n) is 2.21. The number of para-hydroxylation sites is 1. The first kappa shape index (κ1) is 11.2. The van der Waals surface area contributed by atoms with Crippen LogP contribution >= 0.6 is 0 Å². The van der Waals surface area contributed by atoms with Gasteiger partial charge in [0.05, 0.1) is 12.3 Å². The third-order valence-corrected chi connectivity index (χ3v) is 2.21. The Balaban J connectivity index is 2.00. The Hall–Kier alpha value is -2.30. The topological polar surface area (TPSA) is 73.9 Å². The van der Waals surface area contributed by atoms with Crippen LogP contribution < -0.4 is 10.5 Å². The molecule has 1 aromatic rings. The summed E-state index contributed by atoms with van der Waals surface area (Å²) in [6, 6.07) is 7.58. The van der Waals surface area contributed by atoms with E-state index in [-0.39, 0.29) is 6.61 Å². The van der Waals surface area contributed by atoms with Gasteiger partial charge in [-0.25, -0.2) is 4.79 Å². The first-order valence-corrected chi connectivity index (χ1v) is 5.17. The maximum absolute atomic E-state index is 10.4. The highest BCUT2D eigenvalue weighted by atomic mass is 16.5. The van der Waals surface area contributed by atoms with Crippen LogP contribution in [0.4, 0.5) is 4.79 Å². The van der Waals surface area contributed by atoms with Gasteiger partial charge in [-0.2, -0.15) is 0 Å². The Morgan fingerprint density at radius 2 is 2.24 bits per heavy atom. The van der Waals surface area contributed by atoms with Crippen molar-refractivity contribution < 1.29 is 14.3 Å². The van der Waals surface area contributed by atoms with E-state index in [4.69, 9.17) is 10.5 Å². The second kappa shape index (κ2) is 5.16. The Morgan fingerprint density at radius 3 is 3.06 bits per heavy atom. The maximum atomic E-state index is 10.4. The van der Waals surface area contributed by atoms with Crippen LogP contribution in [0.5, 0.6) is 5.75 Å². The second-order valence-corrected chi connectivity index (χ2v) is 3.44. The van der Waals surface area contributed by atoms with Gasteiger partial charge in [0.15, 0.2) is 0 Å². The molecule has 0 radical (unpaired) electrons. The van der Waals surface area contributed by atoms with Gasteiger partial charge >= 0.3 is 6.09 Å². The van der Waals surface area contributed by atoms with Crippen LogP contribution in [-0.4, -0.2) is 18.9 Å². The van der Waals surface area contributed by atoms with Gasteiger partial charge in [0.2, 0.25) is 0 Å². The molecule has 1 aliphatic rings. The van der Waals surface area contributed by atoms with Crippen LogP contribution in [0.2, 0.25) is 0 Å². The van der Waals surface area contributed by atoms with E-state index in [1.165, 1.54) is 0 Å². The van der Waals surface area contributed by atoms with E-state index >= 15 is 0 Å². The average Bonchev–Trinajstić information content (AvgIpc) is 2.52. The van der Waals surface area contributed by atoms with Crippen LogP contribution in [0, 0.1) is 0 Å². The summed E-state index contributed by atoms with van der Waals surface area (Å²) in [5, 5.41) is 0. The number of ether oxygens (including phenoxy) is 2. The summed E-state index contributed by atoms with van der Waals surface area (Å²) in [6.45, 7) is 0.193. The summed E-state index contributed by atoms with van der Waals surface area (Å²) in [6.07, 6.45) is 2.95. The minimum atomic E-state index is -0.785. The summed E-state index contributed by atoms with van der Waals surface area (Å²) in [5.74, 6) is 0.752. The van der Waals surface area contributed by atoms with Crippen LogP contribution in [-0.2, 0) is 4.74 Å². The molecule has 1 heterocycles. The van der Waals surface area contributed by atoms with Crippen molar-refractivity contribution in [3.8, 4) is 5.75 Å². The summed E-state index contributed by atoms with van der Waals surface area (Å²) >= 11 is 0. The highest BCUT2D eigenvalue weighted by Crippen LogP contribution is 2.20. The fourth-order valence-corrected chi connectivity index (χ4v) is 1.39. The number of carbonyl (C=O) groups excluding carboxylic acids is 1. The molecule has 2 rings (SSSR count). The zero-order chi connectivity index (χ0) is 12.1. The number of primary amides is 1. The van der Waals surface area contributed by atoms with Gasteiger partial charge in [-0.05, 0) is 12.1 Å². The number of nitrogens with zero attached hydrogens (tertiary/aromatic N) is 1. The van der Waals surface area contributed by atoms with Crippen LogP contribution in [0.15, 0.2) is 41.2 Å². The monoisotopic (exact) mass is 232 g/mol. The Labute approximate surface area is 98.5 Å². The molecule has 0 spiro atoms. The molecule has 1 aliphatic heterocycles. The van der Waals surface area contributed by atoms with Crippen molar-refractivity contribution >= 4 is 12.3 Å². The predicted molar refractivity (Wildman–Crippen MR) is 62.9 cm³/mol. The molecule has 0 saturated carbocycles. The summed E-state index contributed by atoms with van der Waals surface area (Å²) in [4.78, 5) is 14.6. The minimum absolute atomic E-state index is 0.193. The summed E-state index contributed by atoms with van der Waals surface area (Å²) in [7, 11) is 0. The Morgan fingerprint density at radius 1 is 1.41 bits per heavy atom. The Kier molecular flexibility index (Phi) is 3.40. The molecule has 1 aromatic carbocycles. The van der Waals surface area contributed by atoms with Gasteiger partial charge in [-0.15, -0.1) is 0 Å².